The van der Waals surface area contributed by atoms with E-state index in [2.05, 4.69) is 10.3 Å². The summed E-state index contributed by atoms with van der Waals surface area (Å²) in [6, 6.07) is 10.7. The third-order valence-corrected chi connectivity index (χ3v) is 4.69. The number of carboxylic acids is 1. The number of nitrogens with zero attached hydrogens (tertiary/aromatic N) is 1. The maximum atomic E-state index is 12.5. The number of nitrogens with one attached hydrogen (secondary N) is 1. The van der Waals surface area contributed by atoms with Crippen LogP contribution in [0.2, 0.25) is 0 Å². The molecule has 1 aromatic carbocycles. The van der Waals surface area contributed by atoms with E-state index in [4.69, 9.17) is 4.74 Å². The fraction of sp³-hybridized carbons (Fsp3) is 0.350. The molecule has 2 aromatic rings. The molecular weight excluding hydrogens is 332 g/mol. The quantitative estimate of drug-likeness (QED) is 0.798. The molecule has 6 heteroatoms. The van der Waals surface area contributed by atoms with Crippen molar-refractivity contribution in [3.63, 3.8) is 0 Å². The summed E-state index contributed by atoms with van der Waals surface area (Å²) in [7, 11) is 0. The number of ether oxygens (including phenoxy) is 1. The lowest BCUT2D eigenvalue weighted by atomic mass is 9.95. The predicted octanol–water partition coefficient (Wildman–Crippen LogP) is 2.95. The van der Waals surface area contributed by atoms with E-state index in [0.717, 1.165) is 24.1 Å². The van der Waals surface area contributed by atoms with Gasteiger partial charge in [0.1, 0.15) is 17.9 Å². The molecule has 26 heavy (non-hydrogen) atoms. The van der Waals surface area contributed by atoms with Crippen LogP contribution in [0.15, 0.2) is 42.6 Å². The van der Waals surface area contributed by atoms with Gasteiger partial charge < -0.3 is 15.2 Å². The van der Waals surface area contributed by atoms with Crippen molar-refractivity contribution >= 4 is 11.9 Å². The van der Waals surface area contributed by atoms with Gasteiger partial charge in [-0.1, -0.05) is 12.1 Å². The zero-order chi connectivity index (χ0) is 18.7. The standard InChI is InChI=1S/C20H22N2O4/c1-13-6-9-17(11-21-13)26-12-14-4-3-5-15(10-14)18(23)22-20(2,19(24)25)16-7-8-16/h3-6,9-11,16H,7-8,12H2,1-2H3,(H,22,23)(H,24,25). The van der Waals surface area contributed by atoms with E-state index in [0.29, 0.717) is 17.9 Å². The maximum Gasteiger partial charge on any atom is 0.329 e. The highest BCUT2D eigenvalue weighted by molar-refractivity contribution is 5.98. The number of aryl methyl sites for hydroxylation is 1. The molecule has 0 saturated heterocycles. The molecule has 3 rings (SSSR count). The summed E-state index contributed by atoms with van der Waals surface area (Å²) >= 11 is 0. The molecule has 1 aromatic heterocycles. The second-order valence-corrected chi connectivity index (χ2v) is 6.86. The lowest BCUT2D eigenvalue weighted by Crippen LogP contribution is -2.54. The summed E-state index contributed by atoms with van der Waals surface area (Å²) in [4.78, 5) is 28.3. The molecule has 0 spiro atoms. The number of benzene rings is 1. The first kappa shape index (κ1) is 17.9. The van der Waals surface area contributed by atoms with Gasteiger partial charge in [0.05, 0.1) is 6.20 Å². The molecule has 6 nitrogen and oxygen atoms in total. The minimum Gasteiger partial charge on any atom is -0.487 e. The van der Waals surface area contributed by atoms with Crippen molar-refractivity contribution in [2.45, 2.75) is 38.8 Å². The number of carbonyl (C=O) groups is 2. The SMILES string of the molecule is Cc1ccc(OCc2cccc(C(=O)NC(C)(C(=O)O)C3CC3)c2)cn1. The van der Waals surface area contributed by atoms with Crippen LogP contribution in [0.25, 0.3) is 0 Å². The number of aromatic nitrogens is 1. The summed E-state index contributed by atoms with van der Waals surface area (Å²) in [5.74, 6) is -0.748. The third-order valence-electron chi connectivity index (χ3n) is 4.69. The van der Waals surface area contributed by atoms with Gasteiger partial charge in [-0.25, -0.2) is 4.79 Å². The molecular formula is C20H22N2O4. The van der Waals surface area contributed by atoms with Crippen molar-refractivity contribution in [2.75, 3.05) is 0 Å². The van der Waals surface area contributed by atoms with Gasteiger partial charge in [0.2, 0.25) is 0 Å². The van der Waals surface area contributed by atoms with E-state index >= 15 is 0 Å². The molecule has 0 bridgehead atoms. The molecule has 1 unspecified atom stereocenters. The van der Waals surface area contributed by atoms with Crippen LogP contribution in [0.5, 0.6) is 5.75 Å². The van der Waals surface area contributed by atoms with Crippen LogP contribution in [-0.4, -0.2) is 27.5 Å². The smallest absolute Gasteiger partial charge is 0.329 e. The van der Waals surface area contributed by atoms with E-state index in [9.17, 15) is 14.7 Å². The number of carboxylic acid groups (broad SMARTS) is 1. The van der Waals surface area contributed by atoms with Crippen LogP contribution in [-0.2, 0) is 11.4 Å². The van der Waals surface area contributed by atoms with Gasteiger partial charge in [0, 0.05) is 11.3 Å². The first-order valence-corrected chi connectivity index (χ1v) is 8.59. The second-order valence-electron chi connectivity index (χ2n) is 6.86. The number of carbonyl (C=O) groups excluding carboxylic acids is 1. The van der Waals surface area contributed by atoms with Gasteiger partial charge >= 0.3 is 5.97 Å². The molecule has 1 heterocycles. The number of aliphatic carboxylic acids is 1. The van der Waals surface area contributed by atoms with Crippen LogP contribution in [0.3, 0.4) is 0 Å². The van der Waals surface area contributed by atoms with Crippen molar-refractivity contribution < 1.29 is 19.4 Å². The summed E-state index contributed by atoms with van der Waals surface area (Å²) in [5, 5.41) is 12.2. The van der Waals surface area contributed by atoms with Crippen molar-refractivity contribution in [3.8, 4) is 5.75 Å². The van der Waals surface area contributed by atoms with Crippen LogP contribution in [0, 0.1) is 12.8 Å². The van der Waals surface area contributed by atoms with E-state index in [1.54, 1.807) is 31.3 Å². The molecule has 2 N–H and O–H groups in total. The first-order valence-electron chi connectivity index (χ1n) is 8.59. The predicted molar refractivity (Wildman–Crippen MR) is 96.0 cm³/mol. The summed E-state index contributed by atoms with van der Waals surface area (Å²) in [6.45, 7) is 3.77. The van der Waals surface area contributed by atoms with Crippen LogP contribution >= 0.6 is 0 Å². The molecule has 1 aliphatic carbocycles. The largest absolute Gasteiger partial charge is 0.487 e. The van der Waals surface area contributed by atoms with E-state index in [1.807, 2.05) is 25.1 Å². The van der Waals surface area contributed by atoms with Gasteiger partial charge in [-0.15, -0.1) is 0 Å². The minimum absolute atomic E-state index is 0.00972. The number of pyridine rings is 1. The number of amides is 1. The molecule has 1 atom stereocenters. The number of rotatable bonds is 7. The Morgan fingerprint density at radius 1 is 1.31 bits per heavy atom. The zero-order valence-electron chi connectivity index (χ0n) is 14.9. The Kier molecular flexibility index (Phi) is 4.93. The topological polar surface area (TPSA) is 88.5 Å². The normalized spacial score (nSPS) is 15.8. The maximum absolute atomic E-state index is 12.5. The summed E-state index contributed by atoms with van der Waals surface area (Å²) < 4.78 is 5.68. The Hall–Kier alpha value is -2.89. The average Bonchev–Trinajstić information content (AvgIpc) is 3.47. The van der Waals surface area contributed by atoms with E-state index in [1.165, 1.54) is 0 Å². The van der Waals surface area contributed by atoms with Crippen molar-refractivity contribution in [2.24, 2.45) is 5.92 Å². The minimum atomic E-state index is -1.23. The second kappa shape index (κ2) is 7.15. The first-order chi connectivity index (χ1) is 12.4. The molecule has 136 valence electrons. The fourth-order valence-electron chi connectivity index (χ4n) is 2.81. The van der Waals surface area contributed by atoms with Gasteiger partial charge in [-0.3, -0.25) is 9.78 Å². The van der Waals surface area contributed by atoms with Gasteiger partial charge in [-0.05, 0) is 62.4 Å². The van der Waals surface area contributed by atoms with Gasteiger partial charge in [-0.2, -0.15) is 0 Å². The molecule has 1 fully saturated rings. The van der Waals surface area contributed by atoms with Crippen molar-refractivity contribution in [1.29, 1.82) is 0 Å². The van der Waals surface area contributed by atoms with E-state index < -0.39 is 11.5 Å². The van der Waals surface area contributed by atoms with Gasteiger partial charge in [0.15, 0.2) is 0 Å². The van der Waals surface area contributed by atoms with Crippen LogP contribution < -0.4 is 10.1 Å². The lowest BCUT2D eigenvalue weighted by Gasteiger charge is -2.26. The Morgan fingerprint density at radius 2 is 2.08 bits per heavy atom. The van der Waals surface area contributed by atoms with Gasteiger partial charge in [0.25, 0.3) is 5.91 Å². The molecule has 1 saturated carbocycles. The van der Waals surface area contributed by atoms with Crippen molar-refractivity contribution in [3.05, 3.63) is 59.4 Å². The average molecular weight is 354 g/mol. The fourth-order valence-corrected chi connectivity index (χ4v) is 2.81. The van der Waals surface area contributed by atoms with Crippen LogP contribution in [0.1, 0.15) is 41.4 Å². The monoisotopic (exact) mass is 354 g/mol. The van der Waals surface area contributed by atoms with Crippen molar-refractivity contribution in [1.82, 2.24) is 10.3 Å². The lowest BCUT2D eigenvalue weighted by molar-refractivity contribution is -0.144. The number of hydrogen-bond donors (Lipinski definition) is 2. The third kappa shape index (κ3) is 4.02. The Morgan fingerprint density at radius 3 is 2.69 bits per heavy atom. The highest BCUT2D eigenvalue weighted by Crippen LogP contribution is 2.39. The van der Waals surface area contributed by atoms with E-state index in [-0.39, 0.29) is 11.8 Å². The van der Waals surface area contributed by atoms with Crippen LogP contribution in [0.4, 0.5) is 0 Å². The molecule has 0 aliphatic heterocycles. The summed E-state index contributed by atoms with van der Waals surface area (Å²) in [5.41, 5.74) is 0.924. The number of hydrogen-bond acceptors (Lipinski definition) is 4. The highest BCUT2D eigenvalue weighted by Gasteiger charge is 2.48. The zero-order valence-corrected chi connectivity index (χ0v) is 14.9. The Balaban J connectivity index is 1.67. The molecule has 1 amide bonds. The highest BCUT2D eigenvalue weighted by atomic mass is 16.5. The Bertz CT molecular complexity index is 815. The Labute approximate surface area is 152 Å². The summed E-state index contributed by atoms with van der Waals surface area (Å²) in [6.07, 6.45) is 3.29. The molecule has 0 radical (unpaired) electrons. The molecule has 1 aliphatic rings.